The number of hydrogen-bond donors (Lipinski definition) is 1. The van der Waals surface area contributed by atoms with E-state index in [1.54, 1.807) is 6.20 Å². The summed E-state index contributed by atoms with van der Waals surface area (Å²) in [7, 11) is 0. The minimum Gasteiger partial charge on any atom is -0.296 e. The third-order valence-corrected chi connectivity index (χ3v) is 5.57. The van der Waals surface area contributed by atoms with Crippen LogP contribution in [-0.4, -0.2) is 30.7 Å². The van der Waals surface area contributed by atoms with Crippen LogP contribution in [-0.2, 0) is 12.2 Å². The summed E-state index contributed by atoms with van der Waals surface area (Å²) in [4.78, 5) is 17.0. The van der Waals surface area contributed by atoms with E-state index in [0.29, 0.717) is 27.9 Å². The van der Waals surface area contributed by atoms with Gasteiger partial charge in [-0.05, 0) is 30.1 Å². The van der Waals surface area contributed by atoms with Crippen LogP contribution >= 0.6 is 34.6 Å². The van der Waals surface area contributed by atoms with E-state index in [1.165, 1.54) is 23.1 Å². The number of aromatic nitrogens is 5. The average molecular weight is 364 g/mol. The molecule has 3 aromatic heterocycles. The van der Waals surface area contributed by atoms with Crippen LogP contribution in [0.25, 0.3) is 0 Å². The number of pyridine rings is 1. The van der Waals surface area contributed by atoms with Crippen molar-refractivity contribution in [1.29, 1.82) is 0 Å². The Hall–Kier alpha value is -1.91. The molecule has 0 atom stereocenters. The molecule has 3 rings (SSSR count). The number of nitrogens with one attached hydrogen (secondary N) is 1. The monoisotopic (exact) mass is 364 g/mol. The highest BCUT2D eigenvalue weighted by atomic mass is 32.2. The molecule has 3 aromatic rings. The van der Waals surface area contributed by atoms with Crippen LogP contribution < -0.4 is 5.32 Å². The van der Waals surface area contributed by atoms with Gasteiger partial charge >= 0.3 is 0 Å². The van der Waals surface area contributed by atoms with E-state index >= 15 is 0 Å². The zero-order valence-corrected chi connectivity index (χ0v) is 14.5. The van der Waals surface area contributed by atoms with Crippen molar-refractivity contribution in [1.82, 2.24) is 24.8 Å². The van der Waals surface area contributed by atoms with Crippen molar-refractivity contribution >= 4 is 45.7 Å². The maximum atomic E-state index is 12.2. The first-order chi connectivity index (χ1) is 11.3. The summed E-state index contributed by atoms with van der Waals surface area (Å²) in [6, 6.07) is 5.79. The van der Waals surface area contributed by atoms with Gasteiger partial charge in [-0.2, -0.15) is 0 Å². The third-order valence-electron chi connectivity index (χ3n) is 2.79. The number of nitrogens with zero attached hydrogens (tertiary/aromatic N) is 5. The first kappa shape index (κ1) is 16.0. The molecule has 1 amide bonds. The molecule has 7 nitrogen and oxygen atoms in total. The zero-order valence-electron chi connectivity index (χ0n) is 12.1. The molecule has 3 heterocycles. The molecule has 0 aliphatic rings. The lowest BCUT2D eigenvalue weighted by molar-refractivity contribution is 0.102. The molecule has 0 saturated heterocycles. The summed E-state index contributed by atoms with van der Waals surface area (Å²) in [6.07, 6.45) is 2.43. The zero-order chi connectivity index (χ0) is 16.1. The van der Waals surface area contributed by atoms with E-state index in [4.69, 9.17) is 0 Å². The number of anilines is 1. The minimum atomic E-state index is -0.241. The molecular weight excluding hydrogens is 352 g/mol. The van der Waals surface area contributed by atoms with Crippen LogP contribution in [0.2, 0.25) is 0 Å². The van der Waals surface area contributed by atoms with E-state index in [1.807, 2.05) is 25.1 Å². The second kappa shape index (κ2) is 7.57. The molecule has 0 spiro atoms. The van der Waals surface area contributed by atoms with Crippen molar-refractivity contribution in [2.75, 3.05) is 5.32 Å². The lowest BCUT2D eigenvalue weighted by atomic mass is 10.3. The molecule has 0 radical (unpaired) electrons. The Labute approximate surface area is 144 Å². The van der Waals surface area contributed by atoms with Gasteiger partial charge in [0.2, 0.25) is 5.13 Å². The highest BCUT2D eigenvalue weighted by molar-refractivity contribution is 8.00. The number of carbonyl (C=O) groups is 1. The maximum absolute atomic E-state index is 12.2. The summed E-state index contributed by atoms with van der Waals surface area (Å²) in [5.41, 5.74) is 1.67. The average Bonchev–Trinajstić information content (AvgIpc) is 3.22. The van der Waals surface area contributed by atoms with Gasteiger partial charge in [0, 0.05) is 11.9 Å². The summed E-state index contributed by atoms with van der Waals surface area (Å²) >= 11 is 3.96. The van der Waals surface area contributed by atoms with Crippen LogP contribution in [0.5, 0.6) is 0 Å². The number of aryl methyl sites for hydroxylation is 1. The maximum Gasteiger partial charge on any atom is 0.271 e. The summed E-state index contributed by atoms with van der Waals surface area (Å²) < 4.78 is 4.59. The fourth-order valence-electron chi connectivity index (χ4n) is 1.70. The Morgan fingerprint density at radius 2 is 2.22 bits per heavy atom. The molecule has 0 aliphatic carbocycles. The van der Waals surface area contributed by atoms with Crippen molar-refractivity contribution < 1.29 is 4.79 Å². The quantitative estimate of drug-likeness (QED) is 0.531. The Morgan fingerprint density at radius 3 is 3.00 bits per heavy atom. The highest BCUT2D eigenvalue weighted by Crippen LogP contribution is 2.28. The van der Waals surface area contributed by atoms with Crippen molar-refractivity contribution in [2.24, 2.45) is 0 Å². The number of rotatable bonds is 6. The second-order valence-corrected chi connectivity index (χ2v) is 7.29. The molecule has 23 heavy (non-hydrogen) atoms. The standard InChI is InChI=1S/C13H12N6OS3/c1-2-9-10(23-19-16-9)11(20)15-12-17-18-13(22-12)21-7-8-5-3-4-6-14-8/h3-6H,2,7H2,1H3,(H,15,17,20). The van der Waals surface area contributed by atoms with E-state index in [9.17, 15) is 4.79 Å². The van der Waals surface area contributed by atoms with Gasteiger partial charge in [-0.1, -0.05) is 40.6 Å². The Bertz CT molecular complexity index is 788. The van der Waals surface area contributed by atoms with E-state index in [2.05, 4.69) is 30.1 Å². The lowest BCUT2D eigenvalue weighted by Crippen LogP contribution is -2.12. The predicted molar refractivity (Wildman–Crippen MR) is 90.9 cm³/mol. The normalized spacial score (nSPS) is 10.7. The fourth-order valence-corrected chi connectivity index (χ4v) is 4.01. The van der Waals surface area contributed by atoms with E-state index in [0.717, 1.165) is 21.6 Å². The molecule has 0 bridgehead atoms. The smallest absolute Gasteiger partial charge is 0.271 e. The topological polar surface area (TPSA) is 93.6 Å². The molecule has 0 fully saturated rings. The molecule has 118 valence electrons. The second-order valence-electron chi connectivity index (χ2n) is 4.34. The molecule has 0 saturated carbocycles. The van der Waals surface area contributed by atoms with Crippen molar-refractivity contribution in [2.45, 2.75) is 23.4 Å². The molecule has 1 N–H and O–H groups in total. The van der Waals surface area contributed by atoms with Crippen molar-refractivity contribution in [3.63, 3.8) is 0 Å². The SMILES string of the molecule is CCc1nnsc1C(=O)Nc1nnc(SCc2ccccn2)s1. The largest absolute Gasteiger partial charge is 0.296 e. The first-order valence-corrected chi connectivity index (χ1v) is 9.32. The Balaban J connectivity index is 1.60. The number of amides is 1. The lowest BCUT2D eigenvalue weighted by Gasteiger charge is -1.98. The van der Waals surface area contributed by atoms with Gasteiger partial charge in [-0.3, -0.25) is 15.1 Å². The van der Waals surface area contributed by atoms with E-state index in [-0.39, 0.29) is 5.91 Å². The number of carbonyl (C=O) groups excluding carboxylic acids is 1. The van der Waals surface area contributed by atoms with Gasteiger partial charge < -0.3 is 0 Å². The highest BCUT2D eigenvalue weighted by Gasteiger charge is 2.17. The van der Waals surface area contributed by atoms with Gasteiger partial charge in [0.15, 0.2) is 4.34 Å². The van der Waals surface area contributed by atoms with Gasteiger partial charge in [0.1, 0.15) is 4.88 Å². The molecule has 0 aliphatic heterocycles. The van der Waals surface area contributed by atoms with Crippen molar-refractivity contribution in [3.8, 4) is 0 Å². The summed E-state index contributed by atoms with van der Waals surface area (Å²) in [5, 5.41) is 15.2. The first-order valence-electron chi connectivity index (χ1n) is 6.75. The van der Waals surface area contributed by atoms with Crippen LogP contribution in [0.4, 0.5) is 5.13 Å². The van der Waals surface area contributed by atoms with Crippen LogP contribution in [0.1, 0.15) is 28.0 Å². The van der Waals surface area contributed by atoms with Gasteiger partial charge in [0.25, 0.3) is 5.91 Å². The Morgan fingerprint density at radius 1 is 1.30 bits per heavy atom. The molecule has 10 heteroatoms. The minimum absolute atomic E-state index is 0.241. The summed E-state index contributed by atoms with van der Waals surface area (Å²) in [5.74, 6) is 0.469. The van der Waals surface area contributed by atoms with Gasteiger partial charge in [-0.25, -0.2) is 0 Å². The van der Waals surface area contributed by atoms with Gasteiger partial charge in [0.05, 0.1) is 11.4 Å². The van der Waals surface area contributed by atoms with E-state index < -0.39 is 0 Å². The predicted octanol–water partition coefficient (Wildman–Crippen LogP) is 2.89. The van der Waals surface area contributed by atoms with Crippen LogP contribution in [0.3, 0.4) is 0 Å². The molecular formula is C13H12N6OS3. The Kier molecular flexibility index (Phi) is 5.26. The molecule has 0 unspecified atom stereocenters. The van der Waals surface area contributed by atoms with Crippen LogP contribution in [0, 0.1) is 0 Å². The number of hydrogen-bond acceptors (Lipinski definition) is 9. The third kappa shape index (κ3) is 4.09. The molecule has 0 aromatic carbocycles. The summed E-state index contributed by atoms with van der Waals surface area (Å²) in [6.45, 7) is 1.94. The van der Waals surface area contributed by atoms with Crippen molar-refractivity contribution in [3.05, 3.63) is 40.7 Å². The fraction of sp³-hybridized carbons (Fsp3) is 0.231. The number of thioether (sulfide) groups is 1. The van der Waals surface area contributed by atoms with Gasteiger partial charge in [-0.15, -0.1) is 15.3 Å². The van der Waals surface area contributed by atoms with Crippen LogP contribution in [0.15, 0.2) is 28.7 Å².